The first kappa shape index (κ1) is 16.0. The molecule has 0 radical (unpaired) electrons. The number of nitrogens with one attached hydrogen (secondary N) is 1. The van der Waals surface area contributed by atoms with E-state index in [1.165, 1.54) is 0 Å². The third-order valence-electron chi connectivity index (χ3n) is 3.42. The molecule has 1 heterocycles. The standard InChI is InChI=1S/C17H22N4O/c1-20(2)15-9-7-14(8-10-15)19-17(22)16(21(3)4)13-6-5-11-18-12-13/h5-12,16H,1-4H3,(H,19,22). The smallest absolute Gasteiger partial charge is 0.246 e. The van der Waals surface area contributed by atoms with Crippen LogP contribution in [-0.2, 0) is 4.79 Å². The predicted molar refractivity (Wildman–Crippen MR) is 90.1 cm³/mol. The summed E-state index contributed by atoms with van der Waals surface area (Å²) in [4.78, 5) is 20.6. The van der Waals surface area contributed by atoms with Gasteiger partial charge < -0.3 is 10.2 Å². The fourth-order valence-electron chi connectivity index (χ4n) is 2.28. The van der Waals surface area contributed by atoms with Gasteiger partial charge in [0.25, 0.3) is 0 Å². The molecule has 5 heteroatoms. The van der Waals surface area contributed by atoms with E-state index in [2.05, 4.69) is 10.3 Å². The van der Waals surface area contributed by atoms with Crippen molar-refractivity contribution in [2.24, 2.45) is 0 Å². The summed E-state index contributed by atoms with van der Waals surface area (Å²) in [5.74, 6) is -0.0735. The summed E-state index contributed by atoms with van der Waals surface area (Å²) in [6.45, 7) is 0. The third-order valence-corrected chi connectivity index (χ3v) is 3.42. The molecule has 1 atom stereocenters. The number of pyridine rings is 1. The Balaban J connectivity index is 2.15. The summed E-state index contributed by atoms with van der Waals surface area (Å²) in [5, 5.41) is 2.96. The third kappa shape index (κ3) is 3.83. The normalized spacial score (nSPS) is 12.0. The maximum atomic E-state index is 12.6. The van der Waals surface area contributed by atoms with E-state index in [0.29, 0.717) is 0 Å². The molecule has 5 nitrogen and oxygen atoms in total. The molecule has 0 bridgehead atoms. The molecule has 0 aliphatic heterocycles. The van der Waals surface area contributed by atoms with E-state index < -0.39 is 0 Å². The van der Waals surface area contributed by atoms with Gasteiger partial charge in [0.2, 0.25) is 5.91 Å². The van der Waals surface area contributed by atoms with Gasteiger partial charge in [-0.3, -0.25) is 14.7 Å². The van der Waals surface area contributed by atoms with E-state index in [9.17, 15) is 4.79 Å². The van der Waals surface area contributed by atoms with Crippen molar-refractivity contribution in [1.29, 1.82) is 0 Å². The van der Waals surface area contributed by atoms with Gasteiger partial charge in [0.1, 0.15) is 6.04 Å². The maximum absolute atomic E-state index is 12.6. The van der Waals surface area contributed by atoms with E-state index in [1.54, 1.807) is 12.4 Å². The summed E-state index contributed by atoms with van der Waals surface area (Å²) < 4.78 is 0. The number of carbonyl (C=O) groups excluding carboxylic acids is 1. The maximum Gasteiger partial charge on any atom is 0.246 e. The largest absolute Gasteiger partial charge is 0.378 e. The highest BCUT2D eigenvalue weighted by Crippen LogP contribution is 2.21. The first-order chi connectivity index (χ1) is 10.5. The molecule has 0 aliphatic carbocycles. The Morgan fingerprint density at radius 2 is 1.77 bits per heavy atom. The van der Waals surface area contributed by atoms with E-state index in [4.69, 9.17) is 0 Å². The monoisotopic (exact) mass is 298 g/mol. The van der Waals surface area contributed by atoms with E-state index in [-0.39, 0.29) is 11.9 Å². The van der Waals surface area contributed by atoms with E-state index in [1.807, 2.05) is 74.4 Å². The van der Waals surface area contributed by atoms with Crippen LogP contribution >= 0.6 is 0 Å². The average molecular weight is 298 g/mol. The minimum absolute atomic E-state index is 0.0735. The van der Waals surface area contributed by atoms with Crippen LogP contribution in [0, 0.1) is 0 Å². The minimum Gasteiger partial charge on any atom is -0.378 e. The minimum atomic E-state index is -0.373. The molecule has 1 N–H and O–H groups in total. The summed E-state index contributed by atoms with van der Waals surface area (Å²) >= 11 is 0. The van der Waals surface area contributed by atoms with Crippen LogP contribution in [-0.4, -0.2) is 44.0 Å². The van der Waals surface area contributed by atoms with Crippen LogP contribution in [0.3, 0.4) is 0 Å². The van der Waals surface area contributed by atoms with Gasteiger partial charge in [0.15, 0.2) is 0 Å². The number of carbonyl (C=O) groups is 1. The second-order valence-corrected chi connectivity index (χ2v) is 5.58. The molecule has 0 fully saturated rings. The fourth-order valence-corrected chi connectivity index (χ4v) is 2.28. The highest BCUT2D eigenvalue weighted by atomic mass is 16.2. The number of likely N-dealkylation sites (N-methyl/N-ethyl adjacent to an activating group) is 1. The molecule has 1 amide bonds. The van der Waals surface area contributed by atoms with Crippen molar-refractivity contribution in [2.75, 3.05) is 38.4 Å². The lowest BCUT2D eigenvalue weighted by molar-refractivity contribution is -0.120. The van der Waals surface area contributed by atoms with Crippen molar-refractivity contribution in [3.05, 3.63) is 54.4 Å². The highest BCUT2D eigenvalue weighted by Gasteiger charge is 2.23. The van der Waals surface area contributed by atoms with Crippen LogP contribution in [0.1, 0.15) is 11.6 Å². The number of nitrogens with zero attached hydrogens (tertiary/aromatic N) is 3. The molecule has 22 heavy (non-hydrogen) atoms. The van der Waals surface area contributed by atoms with Gasteiger partial charge in [-0.15, -0.1) is 0 Å². The Morgan fingerprint density at radius 3 is 2.27 bits per heavy atom. The first-order valence-corrected chi connectivity index (χ1v) is 7.13. The van der Waals surface area contributed by atoms with Crippen LogP contribution < -0.4 is 10.2 Å². The fraction of sp³-hybridized carbons (Fsp3) is 0.294. The number of aromatic nitrogens is 1. The van der Waals surface area contributed by atoms with Crippen molar-refractivity contribution in [3.63, 3.8) is 0 Å². The van der Waals surface area contributed by atoms with Gasteiger partial charge in [0.05, 0.1) is 0 Å². The van der Waals surface area contributed by atoms with Crippen molar-refractivity contribution in [3.8, 4) is 0 Å². The van der Waals surface area contributed by atoms with Gasteiger partial charge in [-0.1, -0.05) is 6.07 Å². The summed E-state index contributed by atoms with van der Waals surface area (Å²) in [7, 11) is 7.73. The van der Waals surface area contributed by atoms with Crippen molar-refractivity contribution in [1.82, 2.24) is 9.88 Å². The van der Waals surface area contributed by atoms with Crippen LogP contribution in [0.4, 0.5) is 11.4 Å². The van der Waals surface area contributed by atoms with Gasteiger partial charge in [-0.05, 0) is 50.0 Å². The molecule has 0 aliphatic rings. The molecule has 0 saturated heterocycles. The zero-order valence-electron chi connectivity index (χ0n) is 13.4. The number of hydrogen-bond acceptors (Lipinski definition) is 4. The molecule has 0 spiro atoms. The van der Waals surface area contributed by atoms with E-state index >= 15 is 0 Å². The highest BCUT2D eigenvalue weighted by molar-refractivity contribution is 5.95. The van der Waals surface area contributed by atoms with E-state index in [0.717, 1.165) is 16.9 Å². The predicted octanol–water partition coefficient (Wildman–Crippen LogP) is 2.39. The van der Waals surface area contributed by atoms with Crippen molar-refractivity contribution >= 4 is 17.3 Å². The van der Waals surface area contributed by atoms with Crippen LogP contribution in [0.15, 0.2) is 48.8 Å². The zero-order valence-corrected chi connectivity index (χ0v) is 13.4. The average Bonchev–Trinajstić information content (AvgIpc) is 2.48. The molecule has 1 aromatic heterocycles. The Hall–Kier alpha value is -2.40. The molecule has 1 unspecified atom stereocenters. The Kier molecular flexibility index (Phi) is 5.12. The number of hydrogen-bond donors (Lipinski definition) is 1. The topological polar surface area (TPSA) is 48.5 Å². The Labute approximate surface area is 131 Å². The number of benzene rings is 1. The quantitative estimate of drug-likeness (QED) is 0.921. The van der Waals surface area contributed by atoms with Gasteiger partial charge in [-0.25, -0.2) is 0 Å². The molecule has 2 aromatic rings. The second-order valence-electron chi connectivity index (χ2n) is 5.58. The Bertz CT molecular complexity index is 608. The summed E-state index contributed by atoms with van der Waals surface area (Å²) in [6, 6.07) is 11.1. The molecule has 0 saturated carbocycles. The summed E-state index contributed by atoms with van der Waals surface area (Å²) in [6.07, 6.45) is 3.42. The lowest BCUT2D eigenvalue weighted by Crippen LogP contribution is -2.32. The first-order valence-electron chi connectivity index (χ1n) is 7.13. The number of anilines is 2. The molecule has 1 aromatic carbocycles. The molecule has 116 valence electrons. The second kappa shape index (κ2) is 7.04. The van der Waals surface area contributed by atoms with Gasteiger partial charge in [0, 0.05) is 37.9 Å². The van der Waals surface area contributed by atoms with Gasteiger partial charge >= 0.3 is 0 Å². The Morgan fingerprint density at radius 1 is 1.09 bits per heavy atom. The lowest BCUT2D eigenvalue weighted by atomic mass is 10.1. The SMILES string of the molecule is CN(C)c1ccc(NC(=O)C(c2cccnc2)N(C)C)cc1. The molecular formula is C17H22N4O. The van der Waals surface area contributed by atoms with Crippen LogP contribution in [0.2, 0.25) is 0 Å². The van der Waals surface area contributed by atoms with Crippen molar-refractivity contribution < 1.29 is 4.79 Å². The lowest BCUT2D eigenvalue weighted by Gasteiger charge is -2.23. The zero-order chi connectivity index (χ0) is 16.1. The van der Waals surface area contributed by atoms with Crippen LogP contribution in [0.5, 0.6) is 0 Å². The molecule has 2 rings (SSSR count). The number of rotatable bonds is 5. The van der Waals surface area contributed by atoms with Crippen LogP contribution in [0.25, 0.3) is 0 Å². The molecular weight excluding hydrogens is 276 g/mol. The summed E-state index contributed by atoms with van der Waals surface area (Å²) in [5.41, 5.74) is 2.75. The van der Waals surface area contributed by atoms with Gasteiger partial charge in [-0.2, -0.15) is 0 Å². The number of amides is 1. The van der Waals surface area contributed by atoms with Crippen molar-refractivity contribution in [2.45, 2.75) is 6.04 Å².